The second kappa shape index (κ2) is 4.14. The number of alkyl halides is 2. The Labute approximate surface area is 113 Å². The van der Waals surface area contributed by atoms with Crippen LogP contribution in [0.1, 0.15) is 16.9 Å². The zero-order chi connectivity index (χ0) is 12.8. The van der Waals surface area contributed by atoms with Gasteiger partial charge in [-0.2, -0.15) is 5.10 Å². The number of carbonyl (C=O) groups excluding carboxylic acids is 1. The predicted octanol–water partition coefficient (Wildman–Crippen LogP) is 2.91. The molecule has 1 fully saturated rings. The lowest BCUT2D eigenvalue weighted by Gasteiger charge is -2.02. The van der Waals surface area contributed by atoms with Gasteiger partial charge in [0.25, 0.3) is 0 Å². The molecular formula is C12H10Cl2N2O2. The van der Waals surface area contributed by atoms with E-state index in [9.17, 15) is 4.79 Å². The lowest BCUT2D eigenvalue weighted by molar-refractivity contribution is 0.0480. The third kappa shape index (κ3) is 2.06. The molecule has 0 bridgehead atoms. The summed E-state index contributed by atoms with van der Waals surface area (Å²) in [6.07, 6.45) is 0.657. The molecule has 0 spiro atoms. The highest BCUT2D eigenvalue weighted by Gasteiger charge is 2.52. The fraction of sp³-hybridized carbons (Fsp3) is 0.333. The van der Waals surface area contributed by atoms with E-state index in [1.165, 1.54) is 0 Å². The van der Waals surface area contributed by atoms with Crippen LogP contribution in [-0.2, 0) is 4.74 Å². The first-order valence-corrected chi connectivity index (χ1v) is 6.31. The number of hydrogen-bond donors (Lipinski definition) is 1. The van der Waals surface area contributed by atoms with Gasteiger partial charge in [0.15, 0.2) is 5.69 Å². The Hall–Kier alpha value is -1.26. The zero-order valence-electron chi connectivity index (χ0n) is 9.32. The number of carbonyl (C=O) groups is 1. The number of benzene rings is 1. The highest BCUT2D eigenvalue weighted by Crippen LogP contribution is 2.53. The summed E-state index contributed by atoms with van der Waals surface area (Å²) in [5, 5.41) is 7.50. The molecule has 1 aromatic heterocycles. The molecule has 18 heavy (non-hydrogen) atoms. The van der Waals surface area contributed by atoms with Gasteiger partial charge >= 0.3 is 5.97 Å². The second-order valence-electron chi connectivity index (χ2n) is 4.38. The third-order valence-corrected chi connectivity index (χ3v) is 3.96. The molecule has 0 radical (unpaired) electrons. The fourth-order valence-electron chi connectivity index (χ4n) is 1.81. The van der Waals surface area contributed by atoms with Gasteiger partial charge in [0.2, 0.25) is 0 Å². The monoisotopic (exact) mass is 284 g/mol. The Bertz CT molecular complexity index is 609. The zero-order valence-corrected chi connectivity index (χ0v) is 10.8. The summed E-state index contributed by atoms with van der Waals surface area (Å²) in [6.45, 7) is 0.229. The van der Waals surface area contributed by atoms with E-state index in [0.29, 0.717) is 12.1 Å². The smallest absolute Gasteiger partial charge is 0.359 e. The number of para-hydroxylation sites is 1. The second-order valence-corrected chi connectivity index (χ2v) is 5.92. The number of esters is 1. The van der Waals surface area contributed by atoms with Crippen molar-refractivity contribution in [1.82, 2.24) is 10.2 Å². The maximum atomic E-state index is 11.9. The molecule has 4 nitrogen and oxygen atoms in total. The maximum Gasteiger partial charge on any atom is 0.359 e. The molecule has 0 saturated heterocycles. The van der Waals surface area contributed by atoms with Crippen LogP contribution in [0.25, 0.3) is 10.9 Å². The molecule has 1 atom stereocenters. The van der Waals surface area contributed by atoms with Crippen molar-refractivity contribution in [2.75, 3.05) is 6.61 Å². The van der Waals surface area contributed by atoms with Crippen LogP contribution in [0.3, 0.4) is 0 Å². The van der Waals surface area contributed by atoms with E-state index in [1.54, 1.807) is 0 Å². The Morgan fingerprint density at radius 1 is 1.50 bits per heavy atom. The molecule has 0 amide bonds. The highest BCUT2D eigenvalue weighted by atomic mass is 35.5. The van der Waals surface area contributed by atoms with Gasteiger partial charge < -0.3 is 4.74 Å². The Morgan fingerprint density at radius 2 is 2.22 bits per heavy atom. The predicted molar refractivity (Wildman–Crippen MR) is 68.9 cm³/mol. The lowest BCUT2D eigenvalue weighted by atomic mass is 10.2. The minimum absolute atomic E-state index is 0.0231. The summed E-state index contributed by atoms with van der Waals surface area (Å²) in [5.41, 5.74) is 1.10. The number of rotatable bonds is 3. The van der Waals surface area contributed by atoms with Gasteiger partial charge in [-0.15, -0.1) is 23.2 Å². The van der Waals surface area contributed by atoms with Gasteiger partial charge in [-0.1, -0.05) is 18.2 Å². The molecule has 1 heterocycles. The van der Waals surface area contributed by atoms with Gasteiger partial charge in [0.1, 0.15) is 4.33 Å². The van der Waals surface area contributed by atoms with Crippen LogP contribution in [0.5, 0.6) is 0 Å². The van der Waals surface area contributed by atoms with Gasteiger partial charge in [-0.05, 0) is 12.5 Å². The minimum Gasteiger partial charge on any atom is -0.460 e. The fourth-order valence-corrected chi connectivity index (χ4v) is 2.31. The van der Waals surface area contributed by atoms with Crippen LogP contribution in [0.15, 0.2) is 24.3 Å². The van der Waals surface area contributed by atoms with Crippen LogP contribution >= 0.6 is 23.2 Å². The van der Waals surface area contributed by atoms with Crippen LogP contribution < -0.4 is 0 Å². The molecule has 1 saturated carbocycles. The van der Waals surface area contributed by atoms with Gasteiger partial charge in [0, 0.05) is 11.3 Å². The molecule has 1 aromatic carbocycles. The van der Waals surface area contributed by atoms with Gasteiger partial charge in [-0.25, -0.2) is 4.79 Å². The van der Waals surface area contributed by atoms with Crippen LogP contribution in [0.2, 0.25) is 0 Å². The standard InChI is InChI=1S/C12H10Cl2N2O2/c13-12(14)5-7(12)6-18-11(17)10-8-3-1-2-4-9(8)15-16-10/h1-4,7H,5-6H2,(H,15,16). The largest absolute Gasteiger partial charge is 0.460 e. The summed E-state index contributed by atoms with van der Waals surface area (Å²) in [4.78, 5) is 11.9. The number of ether oxygens (including phenoxy) is 1. The van der Waals surface area contributed by atoms with Crippen molar-refractivity contribution in [3.05, 3.63) is 30.0 Å². The number of aromatic amines is 1. The summed E-state index contributed by atoms with van der Waals surface area (Å²) in [7, 11) is 0. The van der Waals surface area contributed by atoms with Crippen LogP contribution in [0.4, 0.5) is 0 Å². The number of hydrogen-bond acceptors (Lipinski definition) is 3. The normalized spacial score (nSPS) is 20.9. The number of aromatic nitrogens is 2. The topological polar surface area (TPSA) is 55.0 Å². The Balaban J connectivity index is 1.72. The minimum atomic E-state index is -0.728. The number of nitrogens with one attached hydrogen (secondary N) is 1. The summed E-state index contributed by atoms with van der Waals surface area (Å²) < 4.78 is 4.44. The first-order valence-electron chi connectivity index (χ1n) is 5.56. The highest BCUT2D eigenvalue weighted by molar-refractivity contribution is 6.50. The molecule has 1 unspecified atom stereocenters. The molecule has 6 heteroatoms. The van der Waals surface area contributed by atoms with Gasteiger partial charge in [0.05, 0.1) is 12.1 Å². The number of nitrogens with zero attached hydrogens (tertiary/aromatic N) is 1. The van der Waals surface area contributed by atoms with E-state index < -0.39 is 10.3 Å². The molecule has 1 aliphatic rings. The van der Waals surface area contributed by atoms with Gasteiger partial charge in [-0.3, -0.25) is 5.10 Å². The summed E-state index contributed by atoms with van der Waals surface area (Å²) in [6, 6.07) is 7.38. The molecule has 94 valence electrons. The average Bonchev–Trinajstić information content (AvgIpc) is 2.78. The van der Waals surface area contributed by atoms with Crippen molar-refractivity contribution in [2.24, 2.45) is 5.92 Å². The number of halogens is 2. The average molecular weight is 285 g/mol. The SMILES string of the molecule is O=C(OCC1CC1(Cl)Cl)c1n[nH]c2ccccc12. The van der Waals surface area contributed by atoms with Crippen molar-refractivity contribution in [3.8, 4) is 0 Å². The first kappa shape index (κ1) is 11.8. The maximum absolute atomic E-state index is 11.9. The number of H-pyrrole nitrogens is 1. The molecular weight excluding hydrogens is 275 g/mol. The number of fused-ring (bicyclic) bond motifs is 1. The molecule has 1 aliphatic carbocycles. The van der Waals surface area contributed by atoms with E-state index in [0.717, 1.165) is 10.9 Å². The van der Waals surface area contributed by atoms with E-state index in [2.05, 4.69) is 10.2 Å². The van der Waals surface area contributed by atoms with Crippen molar-refractivity contribution < 1.29 is 9.53 Å². The Kier molecular flexibility index (Phi) is 2.72. The van der Waals surface area contributed by atoms with Crippen LogP contribution in [0, 0.1) is 5.92 Å². The Morgan fingerprint density at radius 3 is 2.94 bits per heavy atom. The molecule has 2 aromatic rings. The van der Waals surface area contributed by atoms with Crippen molar-refractivity contribution in [2.45, 2.75) is 10.8 Å². The summed E-state index contributed by atoms with van der Waals surface area (Å²) in [5.74, 6) is -0.432. The molecule has 1 N–H and O–H groups in total. The van der Waals surface area contributed by atoms with Crippen molar-refractivity contribution in [3.63, 3.8) is 0 Å². The quantitative estimate of drug-likeness (QED) is 0.697. The van der Waals surface area contributed by atoms with E-state index in [4.69, 9.17) is 27.9 Å². The third-order valence-electron chi connectivity index (χ3n) is 3.04. The summed E-state index contributed by atoms with van der Waals surface area (Å²) >= 11 is 11.7. The van der Waals surface area contributed by atoms with Crippen LogP contribution in [-0.4, -0.2) is 27.1 Å². The van der Waals surface area contributed by atoms with E-state index >= 15 is 0 Å². The van der Waals surface area contributed by atoms with E-state index in [-0.39, 0.29) is 12.5 Å². The van der Waals surface area contributed by atoms with Crippen molar-refractivity contribution in [1.29, 1.82) is 0 Å². The van der Waals surface area contributed by atoms with E-state index in [1.807, 2.05) is 24.3 Å². The van der Waals surface area contributed by atoms with Crippen molar-refractivity contribution >= 4 is 40.1 Å². The molecule has 3 rings (SSSR count). The first-order chi connectivity index (χ1) is 8.58. The molecule has 0 aliphatic heterocycles. The lowest BCUT2D eigenvalue weighted by Crippen LogP contribution is -2.10.